The Bertz CT molecular complexity index is 555. The minimum absolute atomic E-state index is 0.0223. The third kappa shape index (κ3) is 2.82. The number of hydrogen-bond donors (Lipinski definition) is 0. The molecule has 18 heavy (non-hydrogen) atoms. The number of hydrogen-bond acceptors (Lipinski definition) is 4. The smallest absolute Gasteiger partial charge is 0.311 e. The largest absolute Gasteiger partial charge is 0.480 e. The fourth-order valence-corrected chi connectivity index (χ4v) is 1.53. The van der Waals surface area contributed by atoms with Crippen LogP contribution in [0.5, 0.6) is 5.75 Å². The lowest BCUT2D eigenvalue weighted by molar-refractivity contribution is -0.386. The summed E-state index contributed by atoms with van der Waals surface area (Å²) >= 11 is 0. The molecule has 0 fully saturated rings. The van der Waals surface area contributed by atoms with Gasteiger partial charge >= 0.3 is 5.69 Å². The quantitative estimate of drug-likeness (QED) is 0.612. The van der Waals surface area contributed by atoms with Crippen LogP contribution in [-0.4, -0.2) is 9.91 Å². The maximum absolute atomic E-state index is 10.9. The van der Waals surface area contributed by atoms with E-state index in [2.05, 4.69) is 4.98 Å². The molecular formula is C13H12N2O3. The van der Waals surface area contributed by atoms with Gasteiger partial charge in [0.2, 0.25) is 0 Å². The van der Waals surface area contributed by atoms with Crippen molar-refractivity contribution in [3.63, 3.8) is 0 Å². The van der Waals surface area contributed by atoms with Gasteiger partial charge in [-0.25, -0.2) is 0 Å². The molecule has 0 aliphatic carbocycles. The van der Waals surface area contributed by atoms with E-state index in [9.17, 15) is 10.1 Å². The molecule has 0 unspecified atom stereocenters. The molecule has 0 bridgehead atoms. The number of aryl methyl sites for hydroxylation is 1. The topological polar surface area (TPSA) is 65.3 Å². The second kappa shape index (κ2) is 5.27. The highest BCUT2D eigenvalue weighted by Crippen LogP contribution is 2.28. The van der Waals surface area contributed by atoms with Gasteiger partial charge in [0.25, 0.3) is 0 Å². The summed E-state index contributed by atoms with van der Waals surface area (Å²) in [5.41, 5.74) is 1.53. The Labute approximate surface area is 104 Å². The molecule has 0 aliphatic heterocycles. The Hall–Kier alpha value is -2.43. The maximum Gasteiger partial charge on any atom is 0.311 e. The molecular weight excluding hydrogens is 232 g/mol. The number of nitrogens with zero attached hydrogens (tertiary/aromatic N) is 2. The van der Waals surface area contributed by atoms with Crippen LogP contribution >= 0.6 is 0 Å². The summed E-state index contributed by atoms with van der Waals surface area (Å²) in [5, 5.41) is 10.9. The minimum Gasteiger partial charge on any atom is -0.480 e. The predicted molar refractivity (Wildman–Crippen MR) is 66.4 cm³/mol. The highest BCUT2D eigenvalue weighted by molar-refractivity contribution is 5.48. The average molecular weight is 244 g/mol. The molecule has 0 amide bonds. The Morgan fingerprint density at radius 2 is 2.17 bits per heavy atom. The molecule has 5 heteroatoms. The van der Waals surface area contributed by atoms with Gasteiger partial charge in [0.15, 0.2) is 5.75 Å². The molecule has 0 aliphatic rings. The SMILES string of the molecule is Cc1ccc(OCc2ccccn2)c([N+](=O)[O-])c1. The summed E-state index contributed by atoms with van der Waals surface area (Å²) in [6, 6.07) is 10.3. The van der Waals surface area contributed by atoms with Gasteiger partial charge in [-0.3, -0.25) is 15.1 Å². The van der Waals surface area contributed by atoms with Crippen LogP contribution in [0.1, 0.15) is 11.3 Å². The monoisotopic (exact) mass is 244 g/mol. The van der Waals surface area contributed by atoms with Gasteiger partial charge in [-0.1, -0.05) is 12.1 Å². The molecule has 2 rings (SSSR count). The maximum atomic E-state index is 10.9. The summed E-state index contributed by atoms with van der Waals surface area (Å²) in [7, 11) is 0. The lowest BCUT2D eigenvalue weighted by Gasteiger charge is -2.06. The zero-order valence-electron chi connectivity index (χ0n) is 9.87. The number of benzene rings is 1. The van der Waals surface area contributed by atoms with Gasteiger partial charge in [0, 0.05) is 12.3 Å². The van der Waals surface area contributed by atoms with Crippen molar-refractivity contribution in [1.82, 2.24) is 4.98 Å². The van der Waals surface area contributed by atoms with Crippen molar-refractivity contribution in [1.29, 1.82) is 0 Å². The molecule has 0 spiro atoms. The lowest BCUT2D eigenvalue weighted by Crippen LogP contribution is -2.00. The summed E-state index contributed by atoms with van der Waals surface area (Å²) in [6.07, 6.45) is 1.66. The minimum atomic E-state index is -0.444. The normalized spacial score (nSPS) is 10.1. The van der Waals surface area contributed by atoms with E-state index in [0.717, 1.165) is 11.3 Å². The van der Waals surface area contributed by atoms with Crippen LogP contribution in [0, 0.1) is 17.0 Å². The zero-order chi connectivity index (χ0) is 13.0. The van der Waals surface area contributed by atoms with Gasteiger partial charge in [-0.15, -0.1) is 0 Å². The van der Waals surface area contributed by atoms with Crippen LogP contribution in [-0.2, 0) is 6.61 Å². The van der Waals surface area contributed by atoms with Gasteiger partial charge in [0.1, 0.15) is 6.61 Å². The van der Waals surface area contributed by atoms with Gasteiger partial charge in [0.05, 0.1) is 10.6 Å². The lowest BCUT2D eigenvalue weighted by atomic mass is 10.2. The molecule has 1 aromatic heterocycles. The summed E-state index contributed by atoms with van der Waals surface area (Å²) in [6.45, 7) is 2.01. The Morgan fingerprint density at radius 1 is 1.33 bits per heavy atom. The Kier molecular flexibility index (Phi) is 3.52. The molecule has 5 nitrogen and oxygen atoms in total. The van der Waals surface area contributed by atoms with E-state index < -0.39 is 4.92 Å². The fourth-order valence-electron chi connectivity index (χ4n) is 1.53. The third-order valence-electron chi connectivity index (χ3n) is 2.41. The Morgan fingerprint density at radius 3 is 2.83 bits per heavy atom. The van der Waals surface area contributed by atoms with Crippen molar-refractivity contribution in [3.8, 4) is 5.75 Å². The third-order valence-corrected chi connectivity index (χ3v) is 2.41. The van der Waals surface area contributed by atoms with E-state index in [0.29, 0.717) is 0 Å². The van der Waals surface area contributed by atoms with Crippen LogP contribution in [0.2, 0.25) is 0 Å². The van der Waals surface area contributed by atoms with E-state index in [4.69, 9.17) is 4.74 Å². The molecule has 0 saturated carbocycles. The van der Waals surface area contributed by atoms with Crippen molar-refractivity contribution in [2.75, 3.05) is 0 Å². The van der Waals surface area contributed by atoms with E-state index in [1.165, 1.54) is 6.07 Å². The number of ether oxygens (including phenoxy) is 1. The summed E-state index contributed by atoms with van der Waals surface area (Å²) < 4.78 is 5.44. The highest BCUT2D eigenvalue weighted by atomic mass is 16.6. The second-order valence-corrected chi connectivity index (χ2v) is 3.84. The molecule has 92 valence electrons. The zero-order valence-corrected chi connectivity index (χ0v) is 9.87. The van der Waals surface area contributed by atoms with Gasteiger partial charge < -0.3 is 4.74 Å². The molecule has 0 saturated heterocycles. The molecule has 1 aromatic carbocycles. The van der Waals surface area contributed by atoms with Crippen molar-refractivity contribution >= 4 is 5.69 Å². The van der Waals surface area contributed by atoms with E-state index in [1.54, 1.807) is 37.4 Å². The average Bonchev–Trinajstić information content (AvgIpc) is 2.38. The Balaban J connectivity index is 2.17. The highest BCUT2D eigenvalue weighted by Gasteiger charge is 2.15. The van der Waals surface area contributed by atoms with Gasteiger partial charge in [-0.05, 0) is 30.7 Å². The van der Waals surface area contributed by atoms with E-state index in [-0.39, 0.29) is 18.0 Å². The standard InChI is InChI=1S/C13H12N2O3/c1-10-5-6-13(12(8-10)15(16)17)18-9-11-4-2-3-7-14-11/h2-8H,9H2,1H3. The van der Waals surface area contributed by atoms with Crippen LogP contribution in [0.15, 0.2) is 42.6 Å². The number of nitro benzene ring substituents is 1. The predicted octanol–water partition coefficient (Wildman–Crippen LogP) is 2.88. The first-order valence-corrected chi connectivity index (χ1v) is 5.44. The second-order valence-electron chi connectivity index (χ2n) is 3.84. The van der Waals surface area contributed by atoms with Crippen LogP contribution in [0.3, 0.4) is 0 Å². The first kappa shape index (κ1) is 12.0. The number of pyridine rings is 1. The molecule has 0 radical (unpaired) electrons. The van der Waals surface area contributed by atoms with Crippen LogP contribution in [0.4, 0.5) is 5.69 Å². The van der Waals surface area contributed by atoms with Crippen molar-refractivity contribution in [2.24, 2.45) is 0 Å². The van der Waals surface area contributed by atoms with E-state index >= 15 is 0 Å². The number of rotatable bonds is 4. The summed E-state index contributed by atoms with van der Waals surface area (Å²) in [5.74, 6) is 0.260. The van der Waals surface area contributed by atoms with E-state index in [1.807, 2.05) is 6.07 Å². The first-order chi connectivity index (χ1) is 8.66. The molecule has 0 atom stereocenters. The molecule has 0 N–H and O–H groups in total. The van der Waals surface area contributed by atoms with Crippen molar-refractivity contribution in [2.45, 2.75) is 13.5 Å². The first-order valence-electron chi connectivity index (χ1n) is 5.44. The van der Waals surface area contributed by atoms with Gasteiger partial charge in [-0.2, -0.15) is 0 Å². The summed E-state index contributed by atoms with van der Waals surface area (Å²) in [4.78, 5) is 14.5. The number of nitro groups is 1. The van der Waals surface area contributed by atoms with Crippen molar-refractivity contribution < 1.29 is 9.66 Å². The molecule has 1 heterocycles. The fraction of sp³-hybridized carbons (Fsp3) is 0.154. The van der Waals surface area contributed by atoms with Crippen LogP contribution in [0.25, 0.3) is 0 Å². The number of aromatic nitrogens is 1. The van der Waals surface area contributed by atoms with Crippen LogP contribution < -0.4 is 4.74 Å². The molecule has 2 aromatic rings. The van der Waals surface area contributed by atoms with Crippen molar-refractivity contribution in [3.05, 3.63) is 64.0 Å².